The average molecular weight is 270 g/mol. The zero-order chi connectivity index (χ0) is 13.9. The Morgan fingerprint density at radius 3 is 2.21 bits per heavy atom. The number of ether oxygens (including phenoxy) is 2. The molecule has 2 rings (SSSR count). The molecule has 100 valence electrons. The standard InChI is InChI=1S/C12H9F3N2O2/c13-12(14,15)19-10-3-1-9(2-4-10)18-11-7-8(16)5-6-17-11/h1-7H,(H2,16,17). The highest BCUT2D eigenvalue weighted by Gasteiger charge is 2.30. The van der Waals surface area contributed by atoms with Gasteiger partial charge in [-0.2, -0.15) is 0 Å². The van der Waals surface area contributed by atoms with Crippen molar-refractivity contribution in [3.8, 4) is 17.4 Å². The molecule has 0 amide bonds. The summed E-state index contributed by atoms with van der Waals surface area (Å²) in [4.78, 5) is 3.90. The summed E-state index contributed by atoms with van der Waals surface area (Å²) in [7, 11) is 0. The van der Waals surface area contributed by atoms with Gasteiger partial charge in [0.05, 0.1) is 0 Å². The number of nitrogens with two attached hydrogens (primary N) is 1. The molecular weight excluding hydrogens is 261 g/mol. The lowest BCUT2D eigenvalue weighted by molar-refractivity contribution is -0.274. The predicted molar refractivity (Wildman–Crippen MR) is 61.8 cm³/mol. The highest BCUT2D eigenvalue weighted by molar-refractivity contribution is 5.41. The number of halogens is 3. The van der Waals surface area contributed by atoms with Gasteiger partial charge in [0.25, 0.3) is 0 Å². The number of hydrogen-bond donors (Lipinski definition) is 1. The molecule has 1 aromatic carbocycles. The van der Waals surface area contributed by atoms with Gasteiger partial charge in [0, 0.05) is 18.0 Å². The predicted octanol–water partition coefficient (Wildman–Crippen LogP) is 3.35. The normalized spacial score (nSPS) is 11.1. The van der Waals surface area contributed by atoms with Gasteiger partial charge in [0.2, 0.25) is 5.88 Å². The molecule has 19 heavy (non-hydrogen) atoms. The van der Waals surface area contributed by atoms with Crippen molar-refractivity contribution in [2.75, 3.05) is 5.73 Å². The molecule has 4 nitrogen and oxygen atoms in total. The van der Waals surface area contributed by atoms with Crippen molar-refractivity contribution in [1.82, 2.24) is 4.98 Å². The molecular formula is C12H9F3N2O2. The molecule has 0 spiro atoms. The molecule has 0 aliphatic carbocycles. The summed E-state index contributed by atoms with van der Waals surface area (Å²) in [5.41, 5.74) is 6.01. The summed E-state index contributed by atoms with van der Waals surface area (Å²) in [6.45, 7) is 0. The zero-order valence-corrected chi connectivity index (χ0v) is 9.52. The van der Waals surface area contributed by atoms with Crippen LogP contribution in [0.25, 0.3) is 0 Å². The van der Waals surface area contributed by atoms with Crippen molar-refractivity contribution in [3.05, 3.63) is 42.6 Å². The largest absolute Gasteiger partial charge is 0.573 e. The van der Waals surface area contributed by atoms with Crippen molar-refractivity contribution >= 4 is 5.69 Å². The molecule has 0 saturated heterocycles. The fourth-order valence-electron chi connectivity index (χ4n) is 1.31. The minimum absolute atomic E-state index is 0.254. The third-order valence-corrected chi connectivity index (χ3v) is 2.04. The molecule has 0 atom stereocenters. The Kier molecular flexibility index (Phi) is 3.46. The van der Waals surface area contributed by atoms with Crippen LogP contribution in [0.4, 0.5) is 18.9 Å². The van der Waals surface area contributed by atoms with Crippen LogP contribution in [-0.4, -0.2) is 11.3 Å². The van der Waals surface area contributed by atoms with E-state index < -0.39 is 6.36 Å². The van der Waals surface area contributed by atoms with Gasteiger partial charge in [0.15, 0.2) is 0 Å². The van der Waals surface area contributed by atoms with E-state index in [1.807, 2.05) is 0 Å². The molecule has 0 saturated carbocycles. The van der Waals surface area contributed by atoms with E-state index in [4.69, 9.17) is 10.5 Å². The topological polar surface area (TPSA) is 57.4 Å². The molecule has 0 bridgehead atoms. The summed E-state index contributed by atoms with van der Waals surface area (Å²) >= 11 is 0. The second kappa shape index (κ2) is 5.05. The van der Waals surface area contributed by atoms with Crippen LogP contribution in [0.2, 0.25) is 0 Å². The highest BCUT2D eigenvalue weighted by atomic mass is 19.4. The molecule has 7 heteroatoms. The fraction of sp³-hybridized carbons (Fsp3) is 0.0833. The van der Waals surface area contributed by atoms with E-state index >= 15 is 0 Å². The van der Waals surface area contributed by atoms with E-state index in [2.05, 4.69) is 9.72 Å². The maximum absolute atomic E-state index is 12.0. The average Bonchev–Trinajstić information content (AvgIpc) is 2.30. The number of anilines is 1. The summed E-state index contributed by atoms with van der Waals surface area (Å²) in [5.74, 6) is 0.262. The van der Waals surface area contributed by atoms with Crippen LogP contribution in [0, 0.1) is 0 Å². The third kappa shape index (κ3) is 4.06. The van der Waals surface area contributed by atoms with Crippen LogP contribution in [0.15, 0.2) is 42.6 Å². The Hall–Kier alpha value is -2.44. The van der Waals surface area contributed by atoms with E-state index in [0.29, 0.717) is 11.4 Å². The number of alkyl halides is 3. The van der Waals surface area contributed by atoms with Gasteiger partial charge < -0.3 is 15.2 Å². The summed E-state index contributed by atoms with van der Waals surface area (Å²) < 4.78 is 44.9. The van der Waals surface area contributed by atoms with E-state index in [9.17, 15) is 13.2 Å². The van der Waals surface area contributed by atoms with Crippen molar-refractivity contribution in [1.29, 1.82) is 0 Å². The van der Waals surface area contributed by atoms with Crippen molar-refractivity contribution in [2.24, 2.45) is 0 Å². The lowest BCUT2D eigenvalue weighted by Crippen LogP contribution is -2.16. The molecule has 0 aliphatic heterocycles. The van der Waals surface area contributed by atoms with Gasteiger partial charge in [-0.25, -0.2) is 4.98 Å². The maximum Gasteiger partial charge on any atom is 0.573 e. The van der Waals surface area contributed by atoms with Gasteiger partial charge in [-0.3, -0.25) is 0 Å². The number of rotatable bonds is 3. The Bertz CT molecular complexity index is 556. The number of hydrogen-bond acceptors (Lipinski definition) is 4. The van der Waals surface area contributed by atoms with Gasteiger partial charge in [-0.1, -0.05) is 0 Å². The molecule has 0 aliphatic rings. The van der Waals surface area contributed by atoms with E-state index in [1.165, 1.54) is 24.4 Å². The Labute approximate surface area is 106 Å². The minimum Gasteiger partial charge on any atom is -0.439 e. The second-order valence-corrected chi connectivity index (χ2v) is 3.55. The van der Waals surface area contributed by atoms with Crippen LogP contribution >= 0.6 is 0 Å². The highest BCUT2D eigenvalue weighted by Crippen LogP contribution is 2.26. The maximum atomic E-state index is 12.0. The minimum atomic E-state index is -4.71. The van der Waals surface area contributed by atoms with Gasteiger partial charge in [0.1, 0.15) is 11.5 Å². The molecule has 2 N–H and O–H groups in total. The van der Waals surface area contributed by atoms with Crippen molar-refractivity contribution in [2.45, 2.75) is 6.36 Å². The first kappa shape index (κ1) is 13.0. The van der Waals surface area contributed by atoms with Crippen LogP contribution < -0.4 is 15.2 Å². The Balaban J connectivity index is 2.07. The lowest BCUT2D eigenvalue weighted by atomic mass is 10.3. The van der Waals surface area contributed by atoms with Gasteiger partial charge in [-0.15, -0.1) is 13.2 Å². The van der Waals surface area contributed by atoms with Crippen molar-refractivity contribution < 1.29 is 22.6 Å². The van der Waals surface area contributed by atoms with Crippen LogP contribution in [0.1, 0.15) is 0 Å². The number of nitrogens with zero attached hydrogens (tertiary/aromatic N) is 1. The molecule has 0 radical (unpaired) electrons. The van der Waals surface area contributed by atoms with Crippen molar-refractivity contribution in [3.63, 3.8) is 0 Å². The Morgan fingerprint density at radius 1 is 1.00 bits per heavy atom. The lowest BCUT2D eigenvalue weighted by Gasteiger charge is -2.09. The zero-order valence-electron chi connectivity index (χ0n) is 9.52. The first-order valence-corrected chi connectivity index (χ1v) is 5.17. The van der Waals surface area contributed by atoms with Gasteiger partial charge in [-0.05, 0) is 30.3 Å². The van der Waals surface area contributed by atoms with E-state index in [0.717, 1.165) is 12.1 Å². The van der Waals surface area contributed by atoms with Crippen LogP contribution in [0.5, 0.6) is 17.4 Å². The first-order chi connectivity index (χ1) is 8.92. The van der Waals surface area contributed by atoms with E-state index in [1.54, 1.807) is 6.07 Å². The molecule has 0 fully saturated rings. The monoisotopic (exact) mass is 270 g/mol. The molecule has 1 aromatic heterocycles. The fourth-order valence-corrected chi connectivity index (χ4v) is 1.31. The van der Waals surface area contributed by atoms with E-state index in [-0.39, 0.29) is 11.6 Å². The smallest absolute Gasteiger partial charge is 0.439 e. The summed E-state index contributed by atoms with van der Waals surface area (Å²) in [6, 6.07) is 8.06. The molecule has 0 unspecified atom stereocenters. The third-order valence-electron chi connectivity index (χ3n) is 2.04. The first-order valence-electron chi connectivity index (χ1n) is 5.17. The second-order valence-electron chi connectivity index (χ2n) is 3.55. The Morgan fingerprint density at radius 2 is 1.63 bits per heavy atom. The molecule has 1 heterocycles. The van der Waals surface area contributed by atoms with Crippen LogP contribution in [0.3, 0.4) is 0 Å². The number of nitrogen functional groups attached to an aromatic ring is 1. The number of benzene rings is 1. The molecule has 2 aromatic rings. The van der Waals surface area contributed by atoms with Gasteiger partial charge >= 0.3 is 6.36 Å². The number of aromatic nitrogens is 1. The summed E-state index contributed by atoms with van der Waals surface area (Å²) in [5, 5.41) is 0. The van der Waals surface area contributed by atoms with Crippen LogP contribution in [-0.2, 0) is 0 Å². The quantitative estimate of drug-likeness (QED) is 0.929. The SMILES string of the molecule is Nc1ccnc(Oc2ccc(OC(F)(F)F)cc2)c1. The summed E-state index contributed by atoms with van der Waals surface area (Å²) in [6.07, 6.45) is -3.25. The number of pyridine rings is 1.